The Labute approximate surface area is 138 Å². The second-order valence-corrected chi connectivity index (χ2v) is 5.63. The van der Waals surface area contributed by atoms with Crippen molar-refractivity contribution in [1.82, 2.24) is 9.88 Å². The fourth-order valence-corrected chi connectivity index (χ4v) is 2.37. The standard InChI is InChI=1S/C17H20N2O5/c1-9(18-16(23)10(2)20)8-13(21)14-15(22)11-6-4-5-7-12(11)19(3)17(14)24/h4-8,10,16,18,20,22-23H,1-3H3/b9-8+/t10-,16+/m0/s1. The van der Waals surface area contributed by atoms with Gasteiger partial charge in [-0.2, -0.15) is 0 Å². The van der Waals surface area contributed by atoms with Crippen molar-refractivity contribution in [3.8, 4) is 5.75 Å². The lowest BCUT2D eigenvalue weighted by molar-refractivity contribution is 0.0159. The SMILES string of the molecule is C/C(=C\C(=O)c1c(O)c2ccccc2n(C)c1=O)N[C@H](O)[C@H](C)O. The first-order chi connectivity index (χ1) is 11.2. The number of hydrogen-bond donors (Lipinski definition) is 4. The normalized spacial score (nSPS) is 14.5. The number of aromatic hydroxyl groups is 1. The maximum atomic E-state index is 12.4. The number of nitrogens with zero attached hydrogens (tertiary/aromatic N) is 1. The Morgan fingerprint density at radius 1 is 1.29 bits per heavy atom. The molecule has 0 bridgehead atoms. The molecule has 2 rings (SSSR count). The van der Waals surface area contributed by atoms with Crippen LogP contribution in [0.15, 0.2) is 40.8 Å². The van der Waals surface area contributed by atoms with Gasteiger partial charge in [-0.05, 0) is 26.0 Å². The number of pyridine rings is 1. The van der Waals surface area contributed by atoms with Crippen LogP contribution in [0.1, 0.15) is 24.2 Å². The first-order valence-corrected chi connectivity index (χ1v) is 7.40. The number of ketones is 1. The highest BCUT2D eigenvalue weighted by Crippen LogP contribution is 2.26. The summed E-state index contributed by atoms with van der Waals surface area (Å²) in [7, 11) is 1.52. The molecule has 0 saturated heterocycles. The third-order valence-corrected chi connectivity index (χ3v) is 3.70. The van der Waals surface area contributed by atoms with E-state index in [9.17, 15) is 24.9 Å². The van der Waals surface area contributed by atoms with E-state index < -0.39 is 23.7 Å². The Hall–Kier alpha value is -2.64. The van der Waals surface area contributed by atoms with Crippen LogP contribution in [0, 0.1) is 0 Å². The molecule has 0 unspecified atom stereocenters. The smallest absolute Gasteiger partial charge is 0.265 e. The van der Waals surface area contributed by atoms with Gasteiger partial charge in [-0.25, -0.2) is 0 Å². The Bertz CT molecular complexity index is 867. The molecule has 1 aromatic carbocycles. The van der Waals surface area contributed by atoms with Gasteiger partial charge in [0.1, 0.15) is 17.5 Å². The van der Waals surface area contributed by atoms with Gasteiger partial charge in [-0.3, -0.25) is 9.59 Å². The van der Waals surface area contributed by atoms with Crippen LogP contribution in [0.5, 0.6) is 5.75 Å². The summed E-state index contributed by atoms with van der Waals surface area (Å²) in [5.74, 6) is -1.07. The number of hydrogen-bond acceptors (Lipinski definition) is 6. The number of allylic oxidation sites excluding steroid dienone is 2. The van der Waals surface area contributed by atoms with Crippen LogP contribution >= 0.6 is 0 Å². The van der Waals surface area contributed by atoms with E-state index in [-0.39, 0.29) is 17.0 Å². The van der Waals surface area contributed by atoms with Crippen molar-refractivity contribution in [3.63, 3.8) is 0 Å². The van der Waals surface area contributed by atoms with Crippen LogP contribution in [0.3, 0.4) is 0 Å². The van der Waals surface area contributed by atoms with Crippen LogP contribution in [0.25, 0.3) is 10.9 Å². The number of aliphatic hydroxyl groups is 2. The fraction of sp³-hybridized carbons (Fsp3) is 0.294. The van der Waals surface area contributed by atoms with Gasteiger partial charge in [0.15, 0.2) is 5.78 Å². The molecule has 0 radical (unpaired) electrons. The molecule has 0 fully saturated rings. The zero-order valence-corrected chi connectivity index (χ0v) is 13.6. The highest BCUT2D eigenvalue weighted by molar-refractivity contribution is 6.09. The number of aryl methyl sites for hydroxylation is 1. The molecule has 0 spiro atoms. The van der Waals surface area contributed by atoms with E-state index in [1.165, 1.54) is 25.5 Å². The minimum Gasteiger partial charge on any atom is -0.506 e. The third kappa shape index (κ3) is 3.32. The fourth-order valence-electron chi connectivity index (χ4n) is 2.37. The van der Waals surface area contributed by atoms with E-state index in [1.54, 1.807) is 24.3 Å². The van der Waals surface area contributed by atoms with Gasteiger partial charge < -0.3 is 25.2 Å². The lowest BCUT2D eigenvalue weighted by Crippen LogP contribution is -2.37. The van der Waals surface area contributed by atoms with E-state index >= 15 is 0 Å². The Morgan fingerprint density at radius 3 is 2.54 bits per heavy atom. The number of benzene rings is 1. The molecule has 7 nitrogen and oxygen atoms in total. The minimum absolute atomic E-state index is 0.253. The topological polar surface area (TPSA) is 112 Å². The second-order valence-electron chi connectivity index (χ2n) is 5.63. The predicted octanol–water partition coefficient (Wildman–Crippen LogP) is 0.619. The number of rotatable bonds is 5. The van der Waals surface area contributed by atoms with Crippen LogP contribution in [-0.2, 0) is 7.05 Å². The molecule has 2 atom stereocenters. The molecule has 0 aliphatic carbocycles. The van der Waals surface area contributed by atoms with E-state index in [2.05, 4.69) is 5.32 Å². The first kappa shape index (κ1) is 17.7. The summed E-state index contributed by atoms with van der Waals surface area (Å²) in [6, 6.07) is 6.72. The number of aromatic nitrogens is 1. The second kappa shape index (κ2) is 6.86. The maximum absolute atomic E-state index is 12.4. The van der Waals surface area contributed by atoms with Crippen LogP contribution < -0.4 is 10.9 Å². The predicted molar refractivity (Wildman–Crippen MR) is 89.8 cm³/mol. The molecule has 1 heterocycles. The van der Waals surface area contributed by atoms with Crippen molar-refractivity contribution in [3.05, 3.63) is 52.0 Å². The van der Waals surface area contributed by atoms with Crippen molar-refractivity contribution in [2.24, 2.45) is 7.05 Å². The van der Waals surface area contributed by atoms with Gasteiger partial charge >= 0.3 is 0 Å². The molecular weight excluding hydrogens is 312 g/mol. The van der Waals surface area contributed by atoms with Crippen molar-refractivity contribution < 1.29 is 20.1 Å². The number of fused-ring (bicyclic) bond motifs is 1. The van der Waals surface area contributed by atoms with Crippen LogP contribution in [-0.4, -0.2) is 38.0 Å². The summed E-state index contributed by atoms with van der Waals surface area (Å²) < 4.78 is 1.30. The largest absolute Gasteiger partial charge is 0.506 e. The van der Waals surface area contributed by atoms with Gasteiger partial charge in [-0.15, -0.1) is 0 Å². The van der Waals surface area contributed by atoms with E-state index in [1.807, 2.05) is 0 Å². The average Bonchev–Trinajstić information content (AvgIpc) is 2.52. The highest BCUT2D eigenvalue weighted by Gasteiger charge is 2.20. The van der Waals surface area contributed by atoms with Crippen molar-refractivity contribution >= 4 is 16.7 Å². The van der Waals surface area contributed by atoms with Crippen molar-refractivity contribution in [1.29, 1.82) is 0 Å². The van der Waals surface area contributed by atoms with E-state index in [0.29, 0.717) is 10.9 Å². The molecule has 4 N–H and O–H groups in total. The average molecular weight is 332 g/mol. The lowest BCUT2D eigenvalue weighted by Gasteiger charge is -2.17. The summed E-state index contributed by atoms with van der Waals surface area (Å²) in [4.78, 5) is 24.8. The molecule has 2 aromatic rings. The number of nitrogens with one attached hydrogen (secondary N) is 1. The minimum atomic E-state index is -1.25. The summed E-state index contributed by atoms with van der Waals surface area (Å²) in [5, 5.41) is 32.0. The summed E-state index contributed by atoms with van der Waals surface area (Å²) >= 11 is 0. The number of aliphatic hydroxyl groups excluding tert-OH is 2. The zero-order chi connectivity index (χ0) is 18.0. The van der Waals surface area contributed by atoms with Gasteiger partial charge in [-0.1, -0.05) is 12.1 Å². The van der Waals surface area contributed by atoms with Gasteiger partial charge in [0, 0.05) is 24.2 Å². The quantitative estimate of drug-likeness (QED) is 0.363. The lowest BCUT2D eigenvalue weighted by atomic mass is 10.1. The van der Waals surface area contributed by atoms with Crippen molar-refractivity contribution in [2.75, 3.05) is 0 Å². The van der Waals surface area contributed by atoms with Crippen LogP contribution in [0.2, 0.25) is 0 Å². The van der Waals surface area contributed by atoms with E-state index in [0.717, 1.165) is 6.08 Å². The van der Waals surface area contributed by atoms with Gasteiger partial charge in [0.05, 0.1) is 11.6 Å². The molecule has 0 amide bonds. The van der Waals surface area contributed by atoms with Gasteiger partial charge in [0.2, 0.25) is 0 Å². The highest BCUT2D eigenvalue weighted by atomic mass is 16.3. The molecule has 0 aliphatic heterocycles. The monoisotopic (exact) mass is 332 g/mol. The third-order valence-electron chi connectivity index (χ3n) is 3.70. The molecule has 0 aliphatic rings. The summed E-state index contributed by atoms with van der Waals surface area (Å²) in [5.41, 5.74) is -0.192. The number of para-hydroxylation sites is 1. The van der Waals surface area contributed by atoms with Crippen LogP contribution in [0.4, 0.5) is 0 Å². The molecule has 128 valence electrons. The molecular formula is C17H20N2O5. The first-order valence-electron chi connectivity index (χ1n) is 7.40. The molecule has 1 aromatic heterocycles. The Morgan fingerprint density at radius 2 is 1.92 bits per heavy atom. The maximum Gasteiger partial charge on any atom is 0.265 e. The molecule has 0 saturated carbocycles. The zero-order valence-electron chi connectivity index (χ0n) is 13.6. The summed E-state index contributed by atoms with van der Waals surface area (Å²) in [6.07, 6.45) is -1.19. The summed E-state index contributed by atoms with van der Waals surface area (Å²) in [6.45, 7) is 2.89. The molecule has 24 heavy (non-hydrogen) atoms. The Balaban J connectivity index is 2.49. The number of carbonyl (C=O) groups is 1. The number of carbonyl (C=O) groups excluding carboxylic acids is 1. The van der Waals surface area contributed by atoms with Crippen molar-refractivity contribution in [2.45, 2.75) is 26.2 Å². The van der Waals surface area contributed by atoms with E-state index in [4.69, 9.17) is 0 Å². The Kier molecular flexibility index (Phi) is 5.06. The van der Waals surface area contributed by atoms with Gasteiger partial charge in [0.25, 0.3) is 5.56 Å². The molecule has 7 heteroatoms.